The number of rotatable bonds is 2. The molecule has 0 unspecified atom stereocenters. The van der Waals surface area contributed by atoms with E-state index in [1.54, 1.807) is 0 Å². The van der Waals surface area contributed by atoms with Gasteiger partial charge in [-0.1, -0.05) is 0 Å². The Labute approximate surface area is 83.5 Å². The van der Waals surface area contributed by atoms with Crippen molar-refractivity contribution < 1.29 is 18.7 Å². The summed E-state index contributed by atoms with van der Waals surface area (Å²) in [5.41, 5.74) is 4.09. The maximum Gasteiger partial charge on any atom is 0.325 e. The number of carbonyl (C=O) groups is 1. The first kappa shape index (κ1) is 11.1. The zero-order valence-electron chi connectivity index (χ0n) is 7.37. The zero-order valence-corrected chi connectivity index (χ0v) is 7.37. The van der Waals surface area contributed by atoms with E-state index < -0.39 is 29.2 Å². The Kier molecular flexibility index (Phi) is 2.97. The first-order valence-corrected chi connectivity index (χ1v) is 3.84. The van der Waals surface area contributed by atoms with Gasteiger partial charge in [0, 0.05) is 0 Å². The first-order valence-electron chi connectivity index (χ1n) is 3.84. The van der Waals surface area contributed by atoms with Gasteiger partial charge in [0.15, 0.2) is 0 Å². The maximum atomic E-state index is 13.2. The molecule has 0 aromatic heterocycles. The normalized spacial score (nSPS) is 11.9. The fourth-order valence-electron chi connectivity index (χ4n) is 1.07. The molecule has 0 aliphatic heterocycles. The number of hydrogen-bond acceptors (Lipinski definition) is 3. The summed E-state index contributed by atoms with van der Waals surface area (Å²) in [4.78, 5) is 10.4. The average Bonchev–Trinajstić information content (AvgIpc) is 2.16. The molecule has 1 aromatic rings. The Morgan fingerprint density at radius 3 is 2.27 bits per heavy atom. The minimum absolute atomic E-state index is 0.230. The number of benzene rings is 1. The molecule has 1 rings (SSSR count). The van der Waals surface area contributed by atoms with E-state index in [0.717, 1.165) is 12.1 Å². The van der Waals surface area contributed by atoms with Crippen LogP contribution in [0.25, 0.3) is 0 Å². The highest BCUT2D eigenvalue weighted by molar-refractivity contribution is 5.75. The van der Waals surface area contributed by atoms with Crippen molar-refractivity contribution in [1.29, 1.82) is 5.26 Å². The molecule has 0 radical (unpaired) electrons. The molecule has 0 aliphatic carbocycles. The highest BCUT2D eigenvalue weighted by atomic mass is 19.1. The van der Waals surface area contributed by atoms with Gasteiger partial charge in [0.25, 0.3) is 0 Å². The van der Waals surface area contributed by atoms with Gasteiger partial charge >= 0.3 is 5.97 Å². The standard InChI is InChI=1S/C9H6F2N2O2/c10-5-1-4(3-12)2-6(11)7(5)8(13)9(14)15/h1-2,8H,13H2,(H,14,15)/t8-/m0/s1. The number of nitrogens with two attached hydrogens (primary N) is 1. The number of nitrogens with zero attached hydrogens (tertiary/aromatic N) is 1. The Morgan fingerprint density at radius 1 is 1.47 bits per heavy atom. The second-order valence-corrected chi connectivity index (χ2v) is 2.78. The predicted molar refractivity (Wildman–Crippen MR) is 45.6 cm³/mol. The van der Waals surface area contributed by atoms with Gasteiger partial charge in [-0.05, 0) is 12.1 Å². The van der Waals surface area contributed by atoms with Gasteiger partial charge in [-0.15, -0.1) is 0 Å². The molecular formula is C9H6F2N2O2. The van der Waals surface area contributed by atoms with Crippen LogP contribution in [-0.4, -0.2) is 11.1 Å². The van der Waals surface area contributed by atoms with Crippen LogP contribution in [0.5, 0.6) is 0 Å². The third kappa shape index (κ3) is 2.08. The molecule has 0 saturated carbocycles. The quantitative estimate of drug-likeness (QED) is 0.763. The molecule has 1 atom stereocenters. The van der Waals surface area contributed by atoms with E-state index in [2.05, 4.69) is 0 Å². The zero-order chi connectivity index (χ0) is 11.6. The molecule has 0 amide bonds. The Bertz CT molecular complexity index is 431. The van der Waals surface area contributed by atoms with Crippen LogP contribution in [-0.2, 0) is 4.79 Å². The van der Waals surface area contributed by atoms with Crippen LogP contribution in [0.15, 0.2) is 12.1 Å². The molecule has 0 bridgehead atoms. The number of aliphatic carboxylic acids is 1. The van der Waals surface area contributed by atoms with Crippen LogP contribution in [0.1, 0.15) is 17.2 Å². The van der Waals surface area contributed by atoms with Crippen LogP contribution in [0.4, 0.5) is 8.78 Å². The second kappa shape index (κ2) is 4.02. The Morgan fingerprint density at radius 2 is 1.93 bits per heavy atom. The minimum atomic E-state index is -1.78. The number of halogens is 2. The SMILES string of the molecule is N#Cc1cc(F)c([C@H](N)C(=O)O)c(F)c1. The van der Waals surface area contributed by atoms with E-state index in [9.17, 15) is 13.6 Å². The first-order chi connectivity index (χ1) is 6.97. The molecule has 0 saturated heterocycles. The van der Waals surface area contributed by atoms with Crippen molar-refractivity contribution in [2.45, 2.75) is 6.04 Å². The molecule has 0 heterocycles. The van der Waals surface area contributed by atoms with Gasteiger partial charge in [-0.3, -0.25) is 4.79 Å². The number of carboxylic acid groups (broad SMARTS) is 1. The maximum absolute atomic E-state index is 13.2. The molecule has 4 nitrogen and oxygen atoms in total. The van der Waals surface area contributed by atoms with Crippen molar-refractivity contribution in [1.82, 2.24) is 0 Å². The molecule has 3 N–H and O–H groups in total. The van der Waals surface area contributed by atoms with E-state index in [-0.39, 0.29) is 5.56 Å². The van der Waals surface area contributed by atoms with Crippen LogP contribution in [0, 0.1) is 23.0 Å². The van der Waals surface area contributed by atoms with E-state index >= 15 is 0 Å². The molecule has 0 spiro atoms. The molecule has 1 aromatic carbocycles. The fraction of sp³-hybridized carbons (Fsp3) is 0.111. The van der Waals surface area contributed by atoms with Crippen LogP contribution in [0.2, 0.25) is 0 Å². The molecule has 15 heavy (non-hydrogen) atoms. The summed E-state index contributed by atoms with van der Waals surface area (Å²) >= 11 is 0. The second-order valence-electron chi connectivity index (χ2n) is 2.78. The van der Waals surface area contributed by atoms with Crippen LogP contribution in [0.3, 0.4) is 0 Å². The van der Waals surface area contributed by atoms with Crippen molar-refractivity contribution >= 4 is 5.97 Å². The number of nitriles is 1. The smallest absolute Gasteiger partial charge is 0.325 e. The molecule has 0 fully saturated rings. The topological polar surface area (TPSA) is 87.1 Å². The highest BCUT2D eigenvalue weighted by Gasteiger charge is 2.23. The molecular weight excluding hydrogens is 206 g/mol. The highest BCUT2D eigenvalue weighted by Crippen LogP contribution is 2.20. The lowest BCUT2D eigenvalue weighted by atomic mass is 10.0. The van der Waals surface area contributed by atoms with Crippen LogP contribution < -0.4 is 5.73 Å². The van der Waals surface area contributed by atoms with Crippen molar-refractivity contribution in [3.8, 4) is 6.07 Å². The summed E-state index contributed by atoms with van der Waals surface area (Å²) in [5.74, 6) is -3.82. The van der Waals surface area contributed by atoms with Crippen LogP contribution >= 0.6 is 0 Å². The molecule has 78 valence electrons. The Balaban J connectivity index is 3.33. The summed E-state index contributed by atoms with van der Waals surface area (Å²) in [6, 6.07) is 1.23. The summed E-state index contributed by atoms with van der Waals surface area (Å²) in [6.45, 7) is 0. The lowest BCUT2D eigenvalue weighted by Crippen LogP contribution is -2.23. The van der Waals surface area contributed by atoms with Crippen molar-refractivity contribution in [2.24, 2.45) is 5.73 Å². The number of carboxylic acids is 1. The van der Waals surface area contributed by atoms with Crippen molar-refractivity contribution in [2.75, 3.05) is 0 Å². The summed E-state index contributed by atoms with van der Waals surface area (Å²) in [7, 11) is 0. The van der Waals surface area contributed by atoms with Gasteiger partial charge < -0.3 is 10.8 Å². The van der Waals surface area contributed by atoms with Crippen molar-refractivity contribution in [3.63, 3.8) is 0 Å². The molecule has 6 heteroatoms. The average molecular weight is 212 g/mol. The number of hydrogen-bond donors (Lipinski definition) is 2. The summed E-state index contributed by atoms with van der Waals surface area (Å²) in [5, 5.41) is 16.9. The third-order valence-corrected chi connectivity index (χ3v) is 1.79. The fourth-order valence-corrected chi connectivity index (χ4v) is 1.07. The predicted octanol–water partition coefficient (Wildman–Crippen LogP) is 0.921. The van der Waals surface area contributed by atoms with E-state index in [0.29, 0.717) is 0 Å². The van der Waals surface area contributed by atoms with Gasteiger partial charge in [0.05, 0.1) is 17.2 Å². The molecule has 0 aliphatic rings. The van der Waals surface area contributed by atoms with Crippen molar-refractivity contribution in [3.05, 3.63) is 34.9 Å². The van der Waals surface area contributed by atoms with E-state index in [4.69, 9.17) is 16.1 Å². The van der Waals surface area contributed by atoms with E-state index in [1.807, 2.05) is 0 Å². The van der Waals surface area contributed by atoms with Gasteiger partial charge in [0.1, 0.15) is 17.7 Å². The van der Waals surface area contributed by atoms with Gasteiger partial charge in [0.2, 0.25) is 0 Å². The lowest BCUT2D eigenvalue weighted by Gasteiger charge is -2.09. The van der Waals surface area contributed by atoms with Gasteiger partial charge in [-0.2, -0.15) is 5.26 Å². The largest absolute Gasteiger partial charge is 0.480 e. The lowest BCUT2D eigenvalue weighted by molar-refractivity contribution is -0.138. The summed E-state index contributed by atoms with van der Waals surface area (Å²) < 4.78 is 26.3. The van der Waals surface area contributed by atoms with Gasteiger partial charge in [-0.25, -0.2) is 8.78 Å². The third-order valence-electron chi connectivity index (χ3n) is 1.79. The monoisotopic (exact) mass is 212 g/mol. The minimum Gasteiger partial charge on any atom is -0.480 e. The van der Waals surface area contributed by atoms with E-state index in [1.165, 1.54) is 6.07 Å². The summed E-state index contributed by atoms with van der Waals surface area (Å²) in [6.07, 6.45) is 0. The Hall–Kier alpha value is -2.00.